The summed E-state index contributed by atoms with van der Waals surface area (Å²) in [6.07, 6.45) is -4.86. The van der Waals surface area contributed by atoms with Gasteiger partial charge in [0.1, 0.15) is 5.75 Å². The van der Waals surface area contributed by atoms with E-state index in [1.54, 1.807) is 0 Å². The zero-order chi connectivity index (χ0) is 20.7. The lowest BCUT2D eigenvalue weighted by molar-refractivity contribution is -0.274. The second-order valence-corrected chi connectivity index (χ2v) is 6.78. The van der Waals surface area contributed by atoms with Crippen molar-refractivity contribution in [1.29, 1.82) is 0 Å². The summed E-state index contributed by atoms with van der Waals surface area (Å²) >= 11 is 3.86. The summed E-state index contributed by atoms with van der Waals surface area (Å²) in [4.78, 5) is 11.2. The molecule has 0 spiro atoms. The van der Waals surface area contributed by atoms with Gasteiger partial charge < -0.3 is 4.74 Å². The fourth-order valence-corrected chi connectivity index (χ4v) is 3.09. The molecule has 148 valence electrons. The van der Waals surface area contributed by atoms with Crippen LogP contribution in [0.5, 0.6) is 5.75 Å². The number of ether oxygens (including phenoxy) is 1. The van der Waals surface area contributed by atoms with Gasteiger partial charge in [-0.3, -0.25) is 9.52 Å². The molecule has 0 aliphatic rings. The van der Waals surface area contributed by atoms with Crippen molar-refractivity contribution in [3.63, 3.8) is 0 Å². The number of anilines is 1. The van der Waals surface area contributed by atoms with Crippen LogP contribution in [0.25, 0.3) is 0 Å². The second kappa shape index (κ2) is 9.65. The van der Waals surface area contributed by atoms with Crippen LogP contribution in [-0.4, -0.2) is 26.3 Å². The van der Waals surface area contributed by atoms with Crippen LogP contribution in [0.15, 0.2) is 53.4 Å². The van der Waals surface area contributed by atoms with Crippen LogP contribution in [0.2, 0.25) is 0 Å². The number of alkyl halides is 3. The number of carbonyl (C=O) groups excluding carboxylic acids is 1. The number of Topliss-reactive ketones (excluding diaryl/α,β-unsaturated/α-hetero) is 1. The Hall–Kier alpha value is -2.20. The molecule has 10 heteroatoms. The van der Waals surface area contributed by atoms with E-state index in [0.29, 0.717) is 5.56 Å². The monoisotopic (exact) mass is 421 g/mol. The molecule has 0 amide bonds. The van der Waals surface area contributed by atoms with Crippen LogP contribution in [-0.2, 0) is 10.0 Å². The first kappa shape index (κ1) is 22.8. The number of nitrogens with one attached hydrogen (secondary N) is 1. The maximum Gasteiger partial charge on any atom is 0.573 e. The van der Waals surface area contributed by atoms with Crippen molar-refractivity contribution in [3.05, 3.63) is 54.1 Å². The highest BCUT2D eigenvalue weighted by molar-refractivity contribution is 7.92. The summed E-state index contributed by atoms with van der Waals surface area (Å²) in [5.41, 5.74) is 0.581. The smallest absolute Gasteiger partial charge is 0.406 e. The lowest BCUT2D eigenvalue weighted by atomic mass is 10.1. The van der Waals surface area contributed by atoms with Gasteiger partial charge in [0.15, 0.2) is 5.78 Å². The van der Waals surface area contributed by atoms with E-state index in [1.807, 2.05) is 13.8 Å². The molecular formula is C17H18F3NO4S2. The zero-order valence-corrected chi connectivity index (χ0v) is 16.2. The average molecular weight is 421 g/mol. The quantitative estimate of drug-likeness (QED) is 0.531. The Morgan fingerprint density at radius 1 is 1.04 bits per heavy atom. The summed E-state index contributed by atoms with van der Waals surface area (Å²) in [7, 11) is -4.00. The summed E-state index contributed by atoms with van der Waals surface area (Å²) in [5.74, 6) is -0.712. The van der Waals surface area contributed by atoms with Gasteiger partial charge in [0.25, 0.3) is 10.0 Å². The summed E-state index contributed by atoms with van der Waals surface area (Å²) < 4.78 is 66.7. The number of hydrogen-bond donors (Lipinski definition) is 2. The number of benzene rings is 2. The molecule has 0 fully saturated rings. The Balaban J connectivity index is 0.00000176. The number of carbonyl (C=O) groups is 1. The van der Waals surface area contributed by atoms with E-state index < -0.39 is 22.1 Å². The molecule has 0 aromatic heterocycles. The highest BCUT2D eigenvalue weighted by Gasteiger charge is 2.31. The van der Waals surface area contributed by atoms with Crippen molar-refractivity contribution in [3.8, 4) is 5.75 Å². The first-order chi connectivity index (χ1) is 12.6. The average Bonchev–Trinajstić information content (AvgIpc) is 2.62. The largest absolute Gasteiger partial charge is 0.573 e. The molecule has 1 N–H and O–H groups in total. The van der Waals surface area contributed by atoms with E-state index in [-0.39, 0.29) is 22.1 Å². The van der Waals surface area contributed by atoms with Crippen LogP contribution < -0.4 is 9.46 Å². The summed E-state index contributed by atoms with van der Waals surface area (Å²) in [6.45, 7) is 4.00. The predicted molar refractivity (Wildman–Crippen MR) is 99.9 cm³/mol. The topological polar surface area (TPSA) is 72.5 Å². The minimum absolute atomic E-state index is 0.0252. The van der Waals surface area contributed by atoms with E-state index in [9.17, 15) is 26.4 Å². The van der Waals surface area contributed by atoms with Gasteiger partial charge >= 0.3 is 6.36 Å². The third-order valence-corrected chi connectivity index (χ3v) is 4.65. The van der Waals surface area contributed by atoms with E-state index in [2.05, 4.69) is 22.1 Å². The molecule has 5 nitrogen and oxygen atoms in total. The maximum atomic E-state index is 12.2. The number of ketones is 1. The van der Waals surface area contributed by atoms with E-state index in [1.165, 1.54) is 24.3 Å². The van der Waals surface area contributed by atoms with Crippen LogP contribution in [0.3, 0.4) is 0 Å². The van der Waals surface area contributed by atoms with Crippen molar-refractivity contribution < 1.29 is 31.1 Å². The van der Waals surface area contributed by atoms with Gasteiger partial charge in [0.2, 0.25) is 0 Å². The molecule has 2 aromatic carbocycles. The third-order valence-electron chi connectivity index (χ3n) is 2.97. The van der Waals surface area contributed by atoms with E-state index in [0.717, 1.165) is 24.3 Å². The third kappa shape index (κ3) is 7.14. The van der Waals surface area contributed by atoms with Crippen LogP contribution in [0.1, 0.15) is 24.2 Å². The first-order valence-corrected chi connectivity index (χ1v) is 9.85. The number of halogens is 3. The van der Waals surface area contributed by atoms with Gasteiger partial charge in [-0.25, -0.2) is 8.42 Å². The van der Waals surface area contributed by atoms with E-state index in [4.69, 9.17) is 0 Å². The highest BCUT2D eigenvalue weighted by atomic mass is 32.2. The van der Waals surface area contributed by atoms with Gasteiger partial charge in [-0.15, -0.1) is 13.2 Å². The lowest BCUT2D eigenvalue weighted by Gasteiger charge is -2.11. The lowest BCUT2D eigenvalue weighted by Crippen LogP contribution is -2.17. The highest BCUT2D eigenvalue weighted by Crippen LogP contribution is 2.24. The van der Waals surface area contributed by atoms with E-state index >= 15 is 0 Å². The van der Waals surface area contributed by atoms with Crippen LogP contribution in [0, 0.1) is 0 Å². The maximum absolute atomic E-state index is 12.2. The number of sulfonamides is 1. The normalized spacial score (nSPS) is 11.2. The molecule has 0 aliphatic carbocycles. The zero-order valence-electron chi connectivity index (χ0n) is 14.4. The van der Waals surface area contributed by atoms with Crippen molar-refractivity contribution >= 4 is 34.1 Å². The van der Waals surface area contributed by atoms with Crippen molar-refractivity contribution in [1.82, 2.24) is 0 Å². The van der Waals surface area contributed by atoms with Gasteiger partial charge in [-0.05, 0) is 48.5 Å². The molecule has 0 heterocycles. The van der Waals surface area contributed by atoms with Crippen molar-refractivity contribution in [2.75, 3.05) is 10.5 Å². The molecule has 0 aliphatic heterocycles. The van der Waals surface area contributed by atoms with Gasteiger partial charge in [-0.1, -0.05) is 13.8 Å². The SMILES string of the molecule is CC.O=C(CS)c1ccc(NS(=O)(=O)c2ccc(OC(F)(F)F)cc2)cc1. The van der Waals surface area contributed by atoms with Crippen molar-refractivity contribution in [2.24, 2.45) is 0 Å². The second-order valence-electron chi connectivity index (χ2n) is 4.78. The Kier molecular flexibility index (Phi) is 8.17. The minimum Gasteiger partial charge on any atom is -0.406 e. The summed E-state index contributed by atoms with van der Waals surface area (Å²) in [6, 6.07) is 9.45. The molecule has 2 aromatic rings. The minimum atomic E-state index is -4.86. The molecule has 0 radical (unpaired) electrons. The first-order valence-electron chi connectivity index (χ1n) is 7.73. The Bertz CT molecular complexity index is 849. The number of rotatable bonds is 6. The molecule has 0 atom stereocenters. The molecular weight excluding hydrogens is 403 g/mol. The molecule has 0 bridgehead atoms. The number of thiol groups is 1. The molecule has 2 rings (SSSR count). The standard InChI is InChI=1S/C15H12F3NO4S2.C2H6/c16-15(17,18)23-12-5-7-13(8-6-12)25(21,22)19-11-3-1-10(2-4-11)14(20)9-24;1-2/h1-8,19,24H,9H2;1-2H3. The molecule has 0 unspecified atom stereocenters. The van der Waals surface area contributed by atoms with Crippen LogP contribution >= 0.6 is 12.6 Å². The predicted octanol–water partition coefficient (Wildman–Crippen LogP) is 4.52. The Morgan fingerprint density at radius 3 is 2.00 bits per heavy atom. The fourth-order valence-electron chi connectivity index (χ4n) is 1.85. The Labute approximate surface area is 161 Å². The van der Waals surface area contributed by atoms with Gasteiger partial charge in [0.05, 0.1) is 10.6 Å². The van der Waals surface area contributed by atoms with Crippen LogP contribution in [0.4, 0.5) is 18.9 Å². The van der Waals surface area contributed by atoms with Gasteiger partial charge in [-0.2, -0.15) is 12.6 Å². The van der Waals surface area contributed by atoms with Gasteiger partial charge in [0, 0.05) is 11.3 Å². The Morgan fingerprint density at radius 2 is 1.56 bits per heavy atom. The molecule has 0 saturated heterocycles. The number of hydrogen-bond acceptors (Lipinski definition) is 5. The van der Waals surface area contributed by atoms with Crippen molar-refractivity contribution in [2.45, 2.75) is 25.1 Å². The summed E-state index contributed by atoms with van der Waals surface area (Å²) in [5, 5.41) is 0. The molecule has 27 heavy (non-hydrogen) atoms. The fraction of sp³-hybridized carbons (Fsp3) is 0.235. The molecule has 0 saturated carbocycles.